The summed E-state index contributed by atoms with van der Waals surface area (Å²) in [5.41, 5.74) is 11.3. The van der Waals surface area contributed by atoms with Crippen LogP contribution in [0.15, 0.2) is 32.3 Å². The molecule has 5 N–H and O–H groups in total. The number of guanidine groups is 1. The quantitative estimate of drug-likeness (QED) is 0.235. The van der Waals surface area contributed by atoms with Crippen molar-refractivity contribution in [2.24, 2.45) is 16.5 Å². The maximum Gasteiger partial charge on any atom is 0.328 e. The Bertz CT molecular complexity index is 739. The number of hydrogen-bond donors (Lipinski definition) is 3. The minimum Gasteiger partial charge on any atom is -0.494 e. The lowest BCUT2D eigenvalue weighted by Crippen LogP contribution is -2.29. The number of nitrogens with one attached hydrogen (secondary N) is 1. The average molecular weight is 489 g/mol. The van der Waals surface area contributed by atoms with Crippen molar-refractivity contribution < 1.29 is 14.3 Å². The van der Waals surface area contributed by atoms with Crippen LogP contribution < -0.4 is 21.5 Å². The van der Waals surface area contributed by atoms with Gasteiger partial charge in [-0.05, 0) is 68.5 Å². The van der Waals surface area contributed by atoms with E-state index in [2.05, 4.69) is 42.2 Å². The fraction of sp³-hybridized carbons (Fsp3) is 0.312. The maximum atomic E-state index is 12.4. The Morgan fingerprint density at radius 3 is 2.58 bits per heavy atom. The third-order valence-corrected chi connectivity index (χ3v) is 4.82. The van der Waals surface area contributed by atoms with E-state index in [-0.39, 0.29) is 11.9 Å². The van der Waals surface area contributed by atoms with Crippen molar-refractivity contribution in [1.29, 1.82) is 0 Å². The van der Waals surface area contributed by atoms with Gasteiger partial charge in [0.2, 0.25) is 0 Å². The Morgan fingerprint density at radius 2 is 2.00 bits per heavy atom. The monoisotopic (exact) mass is 487 g/mol. The van der Waals surface area contributed by atoms with Gasteiger partial charge in [-0.3, -0.25) is 9.79 Å². The van der Waals surface area contributed by atoms with Crippen LogP contribution in [0.1, 0.15) is 18.4 Å². The third-order valence-electron chi connectivity index (χ3n) is 3.64. The molecule has 1 heterocycles. The number of carbonyl (C=O) groups excluding carboxylic acids is 2. The summed E-state index contributed by atoms with van der Waals surface area (Å²) in [4.78, 5) is 29.3. The summed E-state index contributed by atoms with van der Waals surface area (Å²) >= 11 is 6.83. The largest absolute Gasteiger partial charge is 0.494 e. The van der Waals surface area contributed by atoms with Crippen molar-refractivity contribution in [2.75, 3.05) is 13.7 Å². The molecule has 1 atom stereocenters. The molecule has 8 nitrogen and oxygen atoms in total. The average Bonchev–Trinajstić information content (AvgIpc) is 2.83. The second-order valence-electron chi connectivity index (χ2n) is 5.49. The van der Waals surface area contributed by atoms with Gasteiger partial charge in [-0.1, -0.05) is 0 Å². The molecule has 0 radical (unpaired) electrons. The first-order chi connectivity index (χ1) is 12.3. The van der Waals surface area contributed by atoms with Crippen molar-refractivity contribution in [1.82, 2.24) is 10.2 Å². The maximum absolute atomic E-state index is 12.4. The highest BCUT2D eigenvalue weighted by Crippen LogP contribution is 2.34. The first-order valence-corrected chi connectivity index (χ1v) is 9.32. The Kier molecular flexibility index (Phi) is 7.04. The second kappa shape index (κ2) is 9.04. The van der Waals surface area contributed by atoms with Gasteiger partial charge in [0, 0.05) is 12.7 Å². The van der Waals surface area contributed by atoms with Crippen molar-refractivity contribution >= 4 is 55.8 Å². The lowest BCUT2D eigenvalue weighted by molar-refractivity contribution is -0.125. The number of amides is 3. The van der Waals surface area contributed by atoms with E-state index in [1.807, 2.05) is 12.1 Å². The van der Waals surface area contributed by atoms with E-state index in [4.69, 9.17) is 16.2 Å². The van der Waals surface area contributed by atoms with E-state index < -0.39 is 12.1 Å². The molecule has 0 aliphatic carbocycles. The van der Waals surface area contributed by atoms with Gasteiger partial charge < -0.3 is 21.5 Å². The van der Waals surface area contributed by atoms with Gasteiger partial charge in [-0.25, -0.2) is 9.69 Å². The van der Waals surface area contributed by atoms with Gasteiger partial charge in [-0.15, -0.1) is 0 Å². The zero-order chi connectivity index (χ0) is 19.3. The Morgan fingerprint density at radius 1 is 1.35 bits per heavy atom. The van der Waals surface area contributed by atoms with E-state index in [1.165, 1.54) is 6.20 Å². The predicted molar refractivity (Wildman–Crippen MR) is 107 cm³/mol. The highest BCUT2D eigenvalue weighted by atomic mass is 79.9. The van der Waals surface area contributed by atoms with Gasteiger partial charge >= 0.3 is 6.03 Å². The van der Waals surface area contributed by atoms with E-state index in [0.29, 0.717) is 25.1 Å². The number of hydrogen-bond acceptors (Lipinski definition) is 4. The van der Waals surface area contributed by atoms with Crippen LogP contribution in [0.5, 0.6) is 5.75 Å². The number of imide groups is 1. The van der Waals surface area contributed by atoms with E-state index in [9.17, 15) is 9.59 Å². The highest BCUT2D eigenvalue weighted by molar-refractivity contribution is 9.11. The number of ether oxygens (including phenoxy) is 1. The molecule has 1 aromatic rings. The Hall–Kier alpha value is -2.07. The zero-order valence-corrected chi connectivity index (χ0v) is 17.2. The molecule has 1 aliphatic heterocycles. The topological polar surface area (TPSA) is 123 Å². The van der Waals surface area contributed by atoms with Crippen LogP contribution >= 0.6 is 31.9 Å². The summed E-state index contributed by atoms with van der Waals surface area (Å²) in [7, 11) is 1.57. The second-order valence-corrected chi connectivity index (χ2v) is 7.20. The van der Waals surface area contributed by atoms with Crippen LogP contribution in [-0.4, -0.2) is 42.5 Å². The van der Waals surface area contributed by atoms with Gasteiger partial charge in [0.05, 0.1) is 16.1 Å². The van der Waals surface area contributed by atoms with Crippen LogP contribution in [0.25, 0.3) is 6.08 Å². The minimum absolute atomic E-state index is 0.00755. The highest BCUT2D eigenvalue weighted by Gasteiger charge is 2.36. The number of carbonyl (C=O) groups is 2. The fourth-order valence-corrected chi connectivity index (χ4v) is 3.97. The molecule has 0 unspecified atom stereocenters. The molecule has 0 saturated carbocycles. The van der Waals surface area contributed by atoms with Crippen LogP contribution in [-0.2, 0) is 4.79 Å². The molecule has 1 aromatic carbocycles. The summed E-state index contributed by atoms with van der Waals surface area (Å²) < 4.78 is 6.75. The first kappa shape index (κ1) is 20.2. The molecule has 1 aliphatic rings. The molecular weight excluding hydrogens is 470 g/mol. The molecule has 2 rings (SSSR count). The SMILES string of the molecule is COc1c(Br)cc(/C=C/N2C(=O)N[C@@H](CCCN=C(N)N)C2=O)cc1Br. The Labute approximate surface area is 167 Å². The summed E-state index contributed by atoms with van der Waals surface area (Å²) in [6, 6.07) is 2.62. The van der Waals surface area contributed by atoms with Crippen molar-refractivity contribution in [3.8, 4) is 5.75 Å². The third kappa shape index (κ3) is 4.98. The molecule has 10 heteroatoms. The lowest BCUT2D eigenvalue weighted by Gasteiger charge is -2.09. The number of rotatable bonds is 7. The standard InChI is InChI=1S/C16H19Br2N5O3/c1-26-13-10(17)7-9(8-11(13)18)4-6-23-14(24)12(22-16(23)25)3-2-5-21-15(19)20/h4,6-8,12H,2-3,5H2,1H3,(H,22,25)(H4,19,20,21)/b6-4+/t12-/m0/s1. The molecule has 0 spiro atoms. The fourth-order valence-electron chi connectivity index (χ4n) is 2.42. The van der Waals surface area contributed by atoms with E-state index in [0.717, 1.165) is 19.4 Å². The molecule has 0 bridgehead atoms. The number of halogens is 2. The van der Waals surface area contributed by atoms with Crippen LogP contribution in [0.4, 0.5) is 4.79 Å². The van der Waals surface area contributed by atoms with Crippen LogP contribution in [0.3, 0.4) is 0 Å². The number of nitrogens with zero attached hydrogens (tertiary/aromatic N) is 2. The van der Waals surface area contributed by atoms with Crippen molar-refractivity contribution in [2.45, 2.75) is 18.9 Å². The van der Waals surface area contributed by atoms with Gasteiger partial charge in [0.15, 0.2) is 5.96 Å². The van der Waals surface area contributed by atoms with E-state index in [1.54, 1.807) is 13.2 Å². The number of benzene rings is 1. The number of urea groups is 1. The van der Waals surface area contributed by atoms with E-state index >= 15 is 0 Å². The molecule has 26 heavy (non-hydrogen) atoms. The lowest BCUT2D eigenvalue weighted by atomic mass is 10.1. The minimum atomic E-state index is -0.573. The van der Waals surface area contributed by atoms with Crippen molar-refractivity contribution in [3.63, 3.8) is 0 Å². The van der Waals surface area contributed by atoms with Gasteiger partial charge in [-0.2, -0.15) is 0 Å². The normalized spacial score (nSPS) is 16.9. The van der Waals surface area contributed by atoms with Crippen LogP contribution in [0.2, 0.25) is 0 Å². The molecule has 1 fully saturated rings. The zero-order valence-electron chi connectivity index (χ0n) is 14.0. The van der Waals surface area contributed by atoms with Crippen molar-refractivity contribution in [3.05, 3.63) is 32.8 Å². The molecule has 3 amide bonds. The van der Waals surface area contributed by atoms with Crippen LogP contribution in [0, 0.1) is 0 Å². The predicted octanol–water partition coefficient (Wildman–Crippen LogP) is 2.16. The number of aliphatic imine (C=N–C) groups is 1. The summed E-state index contributed by atoms with van der Waals surface area (Å²) in [5.74, 6) is 0.369. The molecule has 140 valence electrons. The molecular formula is C16H19Br2N5O3. The van der Waals surface area contributed by atoms with Gasteiger partial charge in [0.25, 0.3) is 5.91 Å². The smallest absolute Gasteiger partial charge is 0.328 e. The van der Waals surface area contributed by atoms with Gasteiger partial charge in [0.1, 0.15) is 11.8 Å². The molecule has 1 saturated heterocycles. The summed E-state index contributed by atoms with van der Waals surface area (Å²) in [5, 5.41) is 2.66. The Balaban J connectivity index is 2.03. The number of nitrogens with two attached hydrogens (primary N) is 2. The summed E-state index contributed by atoms with van der Waals surface area (Å²) in [6.07, 6.45) is 4.18. The molecule has 0 aromatic heterocycles. The first-order valence-electron chi connectivity index (χ1n) is 7.73. The summed E-state index contributed by atoms with van der Waals surface area (Å²) in [6.45, 7) is 0.408. The number of methoxy groups -OCH3 is 1.